The fourth-order valence-corrected chi connectivity index (χ4v) is 6.40. The highest BCUT2D eigenvalue weighted by atomic mass is 16.5. The summed E-state index contributed by atoms with van der Waals surface area (Å²) in [6.45, 7) is 2.20. The summed E-state index contributed by atoms with van der Waals surface area (Å²) in [7, 11) is 3.48. The third-order valence-corrected chi connectivity index (χ3v) is 7.64. The lowest BCUT2D eigenvalue weighted by Crippen LogP contribution is -2.62. The molecule has 0 aromatic carbocycles. The van der Waals surface area contributed by atoms with Crippen LogP contribution in [0.2, 0.25) is 0 Å². The second kappa shape index (κ2) is 6.84. The first-order valence-electron chi connectivity index (χ1n) is 9.78. The van der Waals surface area contributed by atoms with Crippen molar-refractivity contribution in [3.05, 3.63) is 0 Å². The van der Waals surface area contributed by atoms with Gasteiger partial charge in [0.1, 0.15) is 0 Å². The molecule has 9 atom stereocenters. The monoisotopic (exact) mass is 339 g/mol. The van der Waals surface area contributed by atoms with E-state index in [1.807, 2.05) is 0 Å². The Labute approximate surface area is 145 Å². The Hall–Kier alpha value is -0.200. The average Bonchev–Trinajstić information content (AvgIpc) is 2.59. The van der Waals surface area contributed by atoms with Crippen molar-refractivity contribution in [1.82, 2.24) is 4.90 Å². The summed E-state index contributed by atoms with van der Waals surface area (Å²) in [6.07, 6.45) is 5.73. The van der Waals surface area contributed by atoms with Gasteiger partial charge in [-0.2, -0.15) is 0 Å². The van der Waals surface area contributed by atoms with Crippen LogP contribution in [0.5, 0.6) is 0 Å². The van der Waals surface area contributed by atoms with Gasteiger partial charge in [0.2, 0.25) is 0 Å². The number of nitrogens with zero attached hydrogens (tertiary/aromatic N) is 1. The number of aliphatic hydroxyl groups excluding tert-OH is 2. The van der Waals surface area contributed by atoms with Crippen molar-refractivity contribution in [2.45, 2.75) is 69.0 Å². The SMILES string of the molecule is COC1CC2CCN3CC4C(CCC(O)C4OC)CC3C2CC1O. The smallest absolute Gasteiger partial charge is 0.0873 e. The maximum atomic E-state index is 10.4. The quantitative estimate of drug-likeness (QED) is 0.793. The highest BCUT2D eigenvalue weighted by Gasteiger charge is 2.51. The summed E-state index contributed by atoms with van der Waals surface area (Å²) in [5.41, 5.74) is 0. The van der Waals surface area contributed by atoms with Crippen LogP contribution in [0.1, 0.15) is 38.5 Å². The van der Waals surface area contributed by atoms with E-state index in [2.05, 4.69) is 4.90 Å². The molecule has 5 heteroatoms. The summed E-state index contributed by atoms with van der Waals surface area (Å²) < 4.78 is 11.2. The van der Waals surface area contributed by atoms with E-state index in [0.29, 0.717) is 29.7 Å². The largest absolute Gasteiger partial charge is 0.390 e. The molecule has 9 unspecified atom stereocenters. The Kier molecular flexibility index (Phi) is 4.91. The number of ether oxygens (including phenoxy) is 2. The van der Waals surface area contributed by atoms with Gasteiger partial charge in [-0.15, -0.1) is 0 Å². The first-order chi connectivity index (χ1) is 11.6. The van der Waals surface area contributed by atoms with E-state index in [1.54, 1.807) is 14.2 Å². The molecule has 0 spiro atoms. The second-order valence-corrected chi connectivity index (χ2v) is 8.59. The summed E-state index contributed by atoms with van der Waals surface area (Å²) in [4.78, 5) is 2.65. The number of piperidine rings is 2. The Morgan fingerprint density at radius 1 is 0.833 bits per heavy atom. The van der Waals surface area contributed by atoms with Crippen molar-refractivity contribution in [2.24, 2.45) is 23.7 Å². The van der Waals surface area contributed by atoms with Crippen molar-refractivity contribution >= 4 is 0 Å². The third kappa shape index (κ3) is 2.82. The Balaban J connectivity index is 1.49. The first kappa shape index (κ1) is 17.2. The second-order valence-electron chi connectivity index (χ2n) is 8.59. The molecule has 5 nitrogen and oxygen atoms in total. The molecule has 2 saturated heterocycles. The minimum atomic E-state index is -0.311. The number of fused-ring (bicyclic) bond motifs is 4. The van der Waals surface area contributed by atoms with Crippen LogP contribution in [0.25, 0.3) is 0 Å². The van der Waals surface area contributed by atoms with Crippen LogP contribution < -0.4 is 0 Å². The minimum absolute atomic E-state index is 0.00255. The third-order valence-electron chi connectivity index (χ3n) is 7.64. The number of methoxy groups -OCH3 is 2. The van der Waals surface area contributed by atoms with E-state index in [4.69, 9.17) is 9.47 Å². The molecule has 2 aliphatic heterocycles. The summed E-state index contributed by atoms with van der Waals surface area (Å²) in [5, 5.41) is 20.7. The molecule has 0 aromatic rings. The normalized spacial score (nSPS) is 52.2. The van der Waals surface area contributed by atoms with Gasteiger partial charge >= 0.3 is 0 Å². The van der Waals surface area contributed by atoms with E-state index in [1.165, 1.54) is 12.8 Å². The Morgan fingerprint density at radius 3 is 2.38 bits per heavy atom. The van der Waals surface area contributed by atoms with Gasteiger partial charge < -0.3 is 19.7 Å². The van der Waals surface area contributed by atoms with Gasteiger partial charge in [-0.05, 0) is 62.8 Å². The summed E-state index contributed by atoms with van der Waals surface area (Å²) in [6, 6.07) is 0.602. The molecule has 24 heavy (non-hydrogen) atoms. The molecule has 4 rings (SSSR count). The lowest BCUT2D eigenvalue weighted by atomic mass is 9.62. The molecule has 4 aliphatic rings. The zero-order valence-electron chi connectivity index (χ0n) is 15.0. The fourth-order valence-electron chi connectivity index (χ4n) is 6.40. The van der Waals surface area contributed by atoms with Gasteiger partial charge in [0.05, 0.1) is 24.4 Å². The van der Waals surface area contributed by atoms with Crippen LogP contribution in [0, 0.1) is 23.7 Å². The first-order valence-corrected chi connectivity index (χ1v) is 9.78. The highest BCUT2D eigenvalue weighted by Crippen LogP contribution is 2.48. The maximum absolute atomic E-state index is 10.4. The predicted octanol–water partition coefficient (Wildman–Crippen LogP) is 1.27. The maximum Gasteiger partial charge on any atom is 0.0873 e. The molecule has 2 N–H and O–H groups in total. The van der Waals surface area contributed by atoms with Crippen molar-refractivity contribution in [3.63, 3.8) is 0 Å². The van der Waals surface area contributed by atoms with Crippen LogP contribution >= 0.6 is 0 Å². The topological polar surface area (TPSA) is 62.2 Å². The van der Waals surface area contributed by atoms with Crippen molar-refractivity contribution in [1.29, 1.82) is 0 Å². The molecule has 2 aliphatic carbocycles. The molecule has 0 radical (unpaired) electrons. The molecule has 2 saturated carbocycles. The number of aliphatic hydroxyl groups is 2. The minimum Gasteiger partial charge on any atom is -0.390 e. The van der Waals surface area contributed by atoms with E-state index in [0.717, 1.165) is 38.8 Å². The van der Waals surface area contributed by atoms with Gasteiger partial charge in [0.15, 0.2) is 0 Å². The Morgan fingerprint density at radius 2 is 1.62 bits per heavy atom. The van der Waals surface area contributed by atoms with Gasteiger partial charge in [0.25, 0.3) is 0 Å². The number of hydrogen-bond acceptors (Lipinski definition) is 5. The van der Waals surface area contributed by atoms with Gasteiger partial charge in [-0.25, -0.2) is 0 Å². The van der Waals surface area contributed by atoms with E-state index >= 15 is 0 Å². The fraction of sp³-hybridized carbons (Fsp3) is 1.00. The van der Waals surface area contributed by atoms with Crippen molar-refractivity contribution < 1.29 is 19.7 Å². The predicted molar refractivity (Wildman–Crippen MR) is 90.6 cm³/mol. The summed E-state index contributed by atoms with van der Waals surface area (Å²) in [5.74, 6) is 2.43. The van der Waals surface area contributed by atoms with Crippen LogP contribution in [0.15, 0.2) is 0 Å². The van der Waals surface area contributed by atoms with E-state index in [9.17, 15) is 10.2 Å². The van der Waals surface area contributed by atoms with Gasteiger partial charge in [-0.3, -0.25) is 4.90 Å². The number of hydrogen-bond donors (Lipinski definition) is 2. The Bertz CT molecular complexity index is 447. The van der Waals surface area contributed by atoms with Crippen LogP contribution in [0.4, 0.5) is 0 Å². The zero-order valence-corrected chi connectivity index (χ0v) is 15.0. The molecular formula is C19H33NO4. The molecule has 0 bridgehead atoms. The lowest BCUT2D eigenvalue weighted by molar-refractivity contribution is -0.149. The van der Waals surface area contributed by atoms with Crippen LogP contribution in [-0.2, 0) is 9.47 Å². The van der Waals surface area contributed by atoms with Crippen LogP contribution in [-0.4, -0.2) is 72.9 Å². The van der Waals surface area contributed by atoms with E-state index in [-0.39, 0.29) is 24.4 Å². The lowest BCUT2D eigenvalue weighted by Gasteiger charge is -2.57. The van der Waals surface area contributed by atoms with Crippen LogP contribution in [0.3, 0.4) is 0 Å². The standard InChI is InChI=1S/C19H33NO4/c1-23-18-8-12-5-6-20-10-14-11(3-4-16(21)19(14)24-2)7-15(20)13(12)9-17(18)22/h11-19,21-22H,3-10H2,1-2H3. The molecule has 2 heterocycles. The van der Waals surface area contributed by atoms with Gasteiger partial charge in [-0.1, -0.05) is 0 Å². The van der Waals surface area contributed by atoms with Gasteiger partial charge in [0, 0.05) is 32.7 Å². The van der Waals surface area contributed by atoms with Crippen molar-refractivity contribution in [2.75, 3.05) is 27.3 Å². The highest BCUT2D eigenvalue weighted by molar-refractivity contribution is 5.03. The molecule has 0 aromatic heterocycles. The molecule has 0 amide bonds. The molecule has 138 valence electrons. The molecular weight excluding hydrogens is 306 g/mol. The average molecular weight is 339 g/mol. The number of rotatable bonds is 2. The molecule has 4 fully saturated rings. The van der Waals surface area contributed by atoms with Crippen molar-refractivity contribution in [3.8, 4) is 0 Å². The van der Waals surface area contributed by atoms with E-state index < -0.39 is 0 Å². The summed E-state index contributed by atoms with van der Waals surface area (Å²) >= 11 is 0. The zero-order chi connectivity index (χ0) is 16.8.